The van der Waals surface area contributed by atoms with Crippen LogP contribution in [-0.4, -0.2) is 34.4 Å². The van der Waals surface area contributed by atoms with Gasteiger partial charge in [0.1, 0.15) is 5.75 Å². The molecule has 0 spiro atoms. The second-order valence-corrected chi connectivity index (χ2v) is 9.25. The van der Waals surface area contributed by atoms with E-state index in [1.807, 2.05) is 39.0 Å². The summed E-state index contributed by atoms with van der Waals surface area (Å²) in [5.74, 6) is -0.556. The summed E-state index contributed by atoms with van der Waals surface area (Å²) in [5, 5.41) is 5.99. The van der Waals surface area contributed by atoms with Crippen molar-refractivity contribution in [1.29, 1.82) is 0 Å². The Kier molecular flexibility index (Phi) is 5.62. The molecule has 2 amide bonds. The van der Waals surface area contributed by atoms with Gasteiger partial charge in [-0.3, -0.25) is 9.59 Å². The van der Waals surface area contributed by atoms with Crippen LogP contribution in [0.25, 0.3) is 0 Å². The van der Waals surface area contributed by atoms with Crippen LogP contribution in [0.1, 0.15) is 49.5 Å². The molecule has 0 unspecified atom stereocenters. The monoisotopic (exact) mass is 475 g/mol. The van der Waals surface area contributed by atoms with Gasteiger partial charge in [0, 0.05) is 29.5 Å². The molecule has 0 radical (unpaired) electrons. The fraction of sp³-hybridized carbons (Fsp3) is 0.308. The molecule has 35 heavy (non-hydrogen) atoms. The van der Waals surface area contributed by atoms with Gasteiger partial charge in [-0.1, -0.05) is 0 Å². The standard InChI is InChI=1S/C26H26FN5O3/c1-4-32-21-12-9-17(13-19(21)26(2,3)24(32)34)30-25-28-14-20(27)23(31-25)35-18-10-5-15(6-11-18)22(33)29-16-7-8-16/h5-6,9-14,16H,4,7-8H2,1-3H3,(H,29,33)(H,28,30,31). The minimum Gasteiger partial charge on any atom is -0.436 e. The molecule has 1 saturated carbocycles. The normalized spacial score (nSPS) is 16.1. The highest BCUT2D eigenvalue weighted by Crippen LogP contribution is 2.42. The average Bonchev–Trinajstić information content (AvgIpc) is 3.63. The Labute approximate surface area is 202 Å². The zero-order valence-corrected chi connectivity index (χ0v) is 19.8. The molecule has 0 bridgehead atoms. The van der Waals surface area contributed by atoms with Crippen LogP contribution in [0.15, 0.2) is 48.7 Å². The number of halogens is 1. The molecule has 2 aromatic carbocycles. The lowest BCUT2D eigenvalue weighted by Gasteiger charge is -2.18. The van der Waals surface area contributed by atoms with Gasteiger partial charge >= 0.3 is 0 Å². The van der Waals surface area contributed by atoms with E-state index in [2.05, 4.69) is 20.6 Å². The van der Waals surface area contributed by atoms with E-state index in [1.54, 1.807) is 29.2 Å². The number of aromatic nitrogens is 2. The van der Waals surface area contributed by atoms with Crippen LogP contribution < -0.4 is 20.3 Å². The van der Waals surface area contributed by atoms with Crippen LogP contribution in [0.4, 0.5) is 21.7 Å². The number of ether oxygens (including phenoxy) is 1. The zero-order chi connectivity index (χ0) is 24.7. The third-order valence-corrected chi connectivity index (χ3v) is 6.27. The maximum atomic E-state index is 14.4. The highest BCUT2D eigenvalue weighted by molar-refractivity contribution is 6.07. The SMILES string of the molecule is CCN1C(=O)C(C)(C)c2cc(Nc3ncc(F)c(Oc4ccc(C(=O)NC5CC5)cc4)n3)ccc21. The number of hydrogen-bond donors (Lipinski definition) is 2. The first-order valence-electron chi connectivity index (χ1n) is 11.6. The predicted molar refractivity (Wildman–Crippen MR) is 130 cm³/mol. The number of nitrogens with one attached hydrogen (secondary N) is 2. The first-order valence-corrected chi connectivity index (χ1v) is 11.6. The number of hydrogen-bond acceptors (Lipinski definition) is 6. The van der Waals surface area contributed by atoms with Crippen LogP contribution in [0, 0.1) is 5.82 Å². The second-order valence-electron chi connectivity index (χ2n) is 9.25. The van der Waals surface area contributed by atoms with Gasteiger partial charge in [0.2, 0.25) is 17.7 Å². The van der Waals surface area contributed by atoms with Gasteiger partial charge in [-0.05, 0) is 81.6 Å². The van der Waals surface area contributed by atoms with E-state index < -0.39 is 11.2 Å². The highest BCUT2D eigenvalue weighted by Gasteiger charge is 2.43. The van der Waals surface area contributed by atoms with Crippen molar-refractivity contribution in [3.63, 3.8) is 0 Å². The molecule has 1 aliphatic carbocycles. The molecular weight excluding hydrogens is 449 g/mol. The van der Waals surface area contributed by atoms with Crippen LogP contribution in [0.2, 0.25) is 0 Å². The largest absolute Gasteiger partial charge is 0.436 e. The summed E-state index contributed by atoms with van der Waals surface area (Å²) in [7, 11) is 0. The van der Waals surface area contributed by atoms with E-state index in [1.165, 1.54) is 0 Å². The summed E-state index contributed by atoms with van der Waals surface area (Å²) >= 11 is 0. The van der Waals surface area contributed by atoms with E-state index in [4.69, 9.17) is 4.74 Å². The Bertz CT molecular complexity index is 1300. The van der Waals surface area contributed by atoms with Gasteiger partial charge < -0.3 is 20.3 Å². The van der Waals surface area contributed by atoms with E-state index in [0.29, 0.717) is 23.5 Å². The summed E-state index contributed by atoms with van der Waals surface area (Å²) in [6.45, 7) is 6.33. The summed E-state index contributed by atoms with van der Waals surface area (Å²) in [4.78, 5) is 34.8. The molecule has 2 aliphatic rings. The van der Waals surface area contributed by atoms with Gasteiger partial charge in [0.05, 0.1) is 11.6 Å². The fourth-order valence-electron chi connectivity index (χ4n) is 4.12. The van der Waals surface area contributed by atoms with Gasteiger partial charge in [-0.25, -0.2) is 4.98 Å². The second kappa shape index (κ2) is 8.65. The molecule has 2 N–H and O–H groups in total. The number of carbonyl (C=O) groups is 2. The molecule has 180 valence electrons. The number of carbonyl (C=O) groups excluding carboxylic acids is 2. The third-order valence-electron chi connectivity index (χ3n) is 6.27. The Balaban J connectivity index is 1.33. The van der Waals surface area contributed by atoms with Crippen molar-refractivity contribution >= 4 is 29.1 Å². The minimum atomic E-state index is -0.717. The maximum Gasteiger partial charge on any atom is 0.260 e. The van der Waals surface area contributed by atoms with Crippen molar-refractivity contribution in [2.45, 2.75) is 45.1 Å². The van der Waals surface area contributed by atoms with Gasteiger partial charge in [0.25, 0.3) is 11.8 Å². The van der Waals surface area contributed by atoms with Crippen molar-refractivity contribution < 1.29 is 18.7 Å². The molecule has 1 fully saturated rings. The summed E-state index contributed by atoms with van der Waals surface area (Å²) in [5.41, 5.74) is 2.31. The van der Waals surface area contributed by atoms with Crippen molar-refractivity contribution in [3.05, 3.63) is 65.6 Å². The number of benzene rings is 2. The van der Waals surface area contributed by atoms with Crippen LogP contribution in [0.5, 0.6) is 11.6 Å². The smallest absolute Gasteiger partial charge is 0.260 e. The van der Waals surface area contributed by atoms with E-state index >= 15 is 0 Å². The molecule has 9 heteroatoms. The molecule has 2 heterocycles. The molecule has 1 aromatic heterocycles. The molecule has 8 nitrogen and oxygen atoms in total. The lowest BCUT2D eigenvalue weighted by atomic mass is 9.86. The van der Waals surface area contributed by atoms with Crippen molar-refractivity contribution in [1.82, 2.24) is 15.3 Å². The van der Waals surface area contributed by atoms with E-state index in [9.17, 15) is 14.0 Å². The average molecular weight is 476 g/mol. The van der Waals surface area contributed by atoms with Gasteiger partial charge in [0.15, 0.2) is 0 Å². The highest BCUT2D eigenvalue weighted by atomic mass is 19.1. The Morgan fingerprint density at radius 3 is 2.63 bits per heavy atom. The number of rotatable bonds is 7. The van der Waals surface area contributed by atoms with Gasteiger partial charge in [-0.2, -0.15) is 9.37 Å². The molecule has 0 atom stereocenters. The maximum absolute atomic E-state index is 14.4. The number of likely N-dealkylation sites (N-methyl/N-ethyl adjacent to an activating group) is 1. The number of amides is 2. The van der Waals surface area contributed by atoms with Crippen molar-refractivity contribution in [2.75, 3.05) is 16.8 Å². The first-order chi connectivity index (χ1) is 16.8. The zero-order valence-electron chi connectivity index (χ0n) is 19.8. The summed E-state index contributed by atoms with van der Waals surface area (Å²) in [6.07, 6.45) is 3.05. The lowest BCUT2D eigenvalue weighted by Crippen LogP contribution is -2.35. The summed E-state index contributed by atoms with van der Waals surface area (Å²) in [6, 6.07) is 12.3. The molecule has 0 saturated heterocycles. The Morgan fingerprint density at radius 2 is 1.94 bits per heavy atom. The van der Waals surface area contributed by atoms with E-state index in [0.717, 1.165) is 30.3 Å². The topological polar surface area (TPSA) is 96.5 Å². The van der Waals surface area contributed by atoms with Crippen LogP contribution in [0.3, 0.4) is 0 Å². The Hall–Kier alpha value is -4.01. The minimum absolute atomic E-state index is 0.0527. The summed E-state index contributed by atoms with van der Waals surface area (Å²) < 4.78 is 20.0. The van der Waals surface area contributed by atoms with Crippen LogP contribution in [-0.2, 0) is 10.2 Å². The van der Waals surface area contributed by atoms with E-state index in [-0.39, 0.29) is 29.7 Å². The number of fused-ring (bicyclic) bond motifs is 1. The molecule has 3 aromatic rings. The molecular formula is C26H26FN5O3. The fourth-order valence-corrected chi connectivity index (χ4v) is 4.12. The third kappa shape index (κ3) is 4.41. The predicted octanol–water partition coefficient (Wildman–Crippen LogP) is 4.69. The number of nitrogens with zero attached hydrogens (tertiary/aromatic N) is 3. The van der Waals surface area contributed by atoms with Crippen molar-refractivity contribution in [2.24, 2.45) is 0 Å². The first kappa shape index (κ1) is 22.8. The lowest BCUT2D eigenvalue weighted by molar-refractivity contribution is -0.122. The number of anilines is 3. The van der Waals surface area contributed by atoms with Gasteiger partial charge in [-0.15, -0.1) is 0 Å². The molecule has 5 rings (SSSR count). The Morgan fingerprint density at radius 1 is 1.20 bits per heavy atom. The quantitative estimate of drug-likeness (QED) is 0.515. The van der Waals surface area contributed by atoms with Crippen LogP contribution >= 0.6 is 0 Å². The molecule has 1 aliphatic heterocycles. The van der Waals surface area contributed by atoms with Crippen molar-refractivity contribution in [3.8, 4) is 11.6 Å².